The summed E-state index contributed by atoms with van der Waals surface area (Å²) in [5, 5.41) is 0. The minimum Gasteiger partial charge on any atom is -0.289 e. The standard InChI is InChI=1S/C45H42O/c1-44(2,3)35-27-23-33(24-28-35)39-21-13-19-37(31-15-9-7-10-16-31)41(39)43(46)42-38(32-17-11-8-12-18-32)20-14-22-40(42)34-25-29-36(30-26-34)45(4,5)6/h7-30H,1-6H3. The van der Waals surface area contributed by atoms with E-state index in [-0.39, 0.29) is 16.6 Å². The Bertz CT molecular complexity index is 1820. The Morgan fingerprint density at radius 3 is 0.913 bits per heavy atom. The normalized spacial score (nSPS) is 11.8. The number of benzene rings is 6. The molecule has 0 amide bonds. The van der Waals surface area contributed by atoms with Gasteiger partial charge in [-0.2, -0.15) is 0 Å². The molecule has 1 heteroatoms. The van der Waals surface area contributed by atoms with Crippen molar-refractivity contribution in [1.82, 2.24) is 0 Å². The van der Waals surface area contributed by atoms with Gasteiger partial charge in [-0.25, -0.2) is 0 Å². The van der Waals surface area contributed by atoms with Crippen molar-refractivity contribution in [1.29, 1.82) is 0 Å². The molecule has 0 aromatic heterocycles. The molecule has 0 bridgehead atoms. The van der Waals surface area contributed by atoms with Crippen molar-refractivity contribution in [2.75, 3.05) is 0 Å². The third-order valence-corrected chi connectivity index (χ3v) is 8.88. The van der Waals surface area contributed by atoms with Gasteiger partial charge in [-0.05, 0) is 66.5 Å². The first kappa shape index (κ1) is 31.0. The van der Waals surface area contributed by atoms with Gasteiger partial charge in [0.2, 0.25) is 0 Å². The Morgan fingerprint density at radius 2 is 0.630 bits per heavy atom. The molecule has 6 aromatic rings. The molecule has 0 aliphatic rings. The van der Waals surface area contributed by atoms with E-state index in [1.165, 1.54) is 11.1 Å². The topological polar surface area (TPSA) is 17.1 Å². The van der Waals surface area contributed by atoms with E-state index in [1.54, 1.807) is 0 Å². The summed E-state index contributed by atoms with van der Waals surface area (Å²) in [7, 11) is 0. The average molecular weight is 599 g/mol. The van der Waals surface area contributed by atoms with Gasteiger partial charge in [-0.3, -0.25) is 4.79 Å². The van der Waals surface area contributed by atoms with Crippen LogP contribution in [0.1, 0.15) is 68.6 Å². The van der Waals surface area contributed by atoms with Gasteiger partial charge in [-0.1, -0.05) is 187 Å². The summed E-state index contributed by atoms with van der Waals surface area (Å²) in [5.41, 5.74) is 11.9. The number of carbonyl (C=O) groups excluding carboxylic acids is 1. The number of hydrogen-bond acceptors (Lipinski definition) is 1. The second-order valence-electron chi connectivity index (χ2n) is 14.2. The molecule has 0 unspecified atom stereocenters. The molecule has 0 aliphatic heterocycles. The largest absolute Gasteiger partial charge is 0.289 e. The summed E-state index contributed by atoms with van der Waals surface area (Å²) in [6.45, 7) is 13.4. The maximum atomic E-state index is 15.5. The number of ketones is 1. The summed E-state index contributed by atoms with van der Waals surface area (Å²) in [6.07, 6.45) is 0. The van der Waals surface area contributed by atoms with Gasteiger partial charge in [0.05, 0.1) is 0 Å². The second kappa shape index (κ2) is 12.4. The highest BCUT2D eigenvalue weighted by Gasteiger charge is 2.26. The molecular weight excluding hydrogens is 556 g/mol. The Hall–Kier alpha value is -5.01. The SMILES string of the molecule is CC(C)(C)c1ccc(-c2cccc(-c3ccccc3)c2C(=O)c2c(-c3ccccc3)cccc2-c2ccc(C(C)(C)C)cc2)cc1. The quantitative estimate of drug-likeness (QED) is 0.174. The predicted molar refractivity (Wildman–Crippen MR) is 195 cm³/mol. The van der Waals surface area contributed by atoms with E-state index in [9.17, 15) is 0 Å². The molecule has 0 N–H and O–H groups in total. The van der Waals surface area contributed by atoms with Crippen molar-refractivity contribution < 1.29 is 4.79 Å². The zero-order chi connectivity index (χ0) is 32.5. The molecule has 0 radical (unpaired) electrons. The number of carbonyl (C=O) groups is 1. The predicted octanol–water partition coefficient (Wildman–Crippen LogP) is 12.2. The second-order valence-corrected chi connectivity index (χ2v) is 14.2. The molecule has 46 heavy (non-hydrogen) atoms. The molecule has 0 heterocycles. The Morgan fingerprint density at radius 1 is 0.348 bits per heavy atom. The Labute approximate surface area is 274 Å². The highest BCUT2D eigenvalue weighted by molar-refractivity contribution is 6.22. The van der Waals surface area contributed by atoms with Crippen molar-refractivity contribution in [3.63, 3.8) is 0 Å². The molecule has 0 aliphatic carbocycles. The Kier molecular flexibility index (Phi) is 8.36. The average Bonchev–Trinajstić information content (AvgIpc) is 3.07. The van der Waals surface area contributed by atoms with Crippen molar-refractivity contribution in [3.05, 3.63) is 168 Å². The Balaban J connectivity index is 1.63. The monoisotopic (exact) mass is 598 g/mol. The fraction of sp³-hybridized carbons (Fsp3) is 0.178. The van der Waals surface area contributed by atoms with E-state index in [0.717, 1.165) is 44.5 Å². The number of hydrogen-bond donors (Lipinski definition) is 0. The molecule has 228 valence electrons. The zero-order valence-electron chi connectivity index (χ0n) is 27.8. The van der Waals surface area contributed by atoms with E-state index < -0.39 is 0 Å². The van der Waals surface area contributed by atoms with Crippen molar-refractivity contribution >= 4 is 5.78 Å². The lowest BCUT2D eigenvalue weighted by atomic mass is 9.81. The van der Waals surface area contributed by atoms with E-state index in [2.05, 4.69) is 151 Å². The van der Waals surface area contributed by atoms with Gasteiger partial charge >= 0.3 is 0 Å². The molecule has 0 saturated heterocycles. The van der Waals surface area contributed by atoms with Gasteiger partial charge in [0.15, 0.2) is 5.78 Å². The van der Waals surface area contributed by atoms with Crippen LogP contribution in [0.2, 0.25) is 0 Å². The van der Waals surface area contributed by atoms with Crippen LogP contribution in [0, 0.1) is 0 Å². The molecule has 1 nitrogen and oxygen atoms in total. The van der Waals surface area contributed by atoms with Gasteiger partial charge < -0.3 is 0 Å². The summed E-state index contributed by atoms with van der Waals surface area (Å²) in [5.74, 6) is 0.0173. The van der Waals surface area contributed by atoms with E-state index in [4.69, 9.17) is 0 Å². The van der Waals surface area contributed by atoms with Crippen LogP contribution < -0.4 is 0 Å². The summed E-state index contributed by atoms with van der Waals surface area (Å²) < 4.78 is 0. The maximum absolute atomic E-state index is 15.5. The fourth-order valence-corrected chi connectivity index (χ4v) is 6.22. The zero-order valence-corrected chi connectivity index (χ0v) is 27.8. The molecule has 0 atom stereocenters. The third kappa shape index (κ3) is 6.24. The summed E-state index contributed by atoms with van der Waals surface area (Å²) >= 11 is 0. The molecule has 0 fully saturated rings. The van der Waals surface area contributed by atoms with Crippen LogP contribution in [0.5, 0.6) is 0 Å². The van der Waals surface area contributed by atoms with Crippen LogP contribution in [-0.2, 0) is 10.8 Å². The first-order valence-electron chi connectivity index (χ1n) is 16.2. The van der Waals surface area contributed by atoms with Crippen LogP contribution in [0.4, 0.5) is 0 Å². The number of rotatable bonds is 6. The van der Waals surface area contributed by atoms with Crippen molar-refractivity contribution in [3.8, 4) is 44.5 Å². The minimum absolute atomic E-state index is 0.0173. The first-order chi connectivity index (χ1) is 22.0. The van der Waals surface area contributed by atoms with Gasteiger partial charge in [0.25, 0.3) is 0 Å². The maximum Gasteiger partial charge on any atom is 0.195 e. The van der Waals surface area contributed by atoms with Crippen molar-refractivity contribution in [2.24, 2.45) is 0 Å². The third-order valence-electron chi connectivity index (χ3n) is 8.88. The lowest BCUT2D eigenvalue weighted by molar-refractivity contribution is 0.104. The van der Waals surface area contributed by atoms with Crippen LogP contribution in [0.3, 0.4) is 0 Å². The van der Waals surface area contributed by atoms with Crippen LogP contribution in [0.15, 0.2) is 146 Å². The highest BCUT2D eigenvalue weighted by Crippen LogP contribution is 2.40. The highest BCUT2D eigenvalue weighted by atomic mass is 16.1. The van der Waals surface area contributed by atoms with Gasteiger partial charge in [0, 0.05) is 11.1 Å². The minimum atomic E-state index is 0.0173. The van der Waals surface area contributed by atoms with Gasteiger partial charge in [-0.15, -0.1) is 0 Å². The molecule has 0 spiro atoms. The lowest BCUT2D eigenvalue weighted by Gasteiger charge is -2.22. The fourth-order valence-electron chi connectivity index (χ4n) is 6.22. The molecule has 6 aromatic carbocycles. The smallest absolute Gasteiger partial charge is 0.195 e. The van der Waals surface area contributed by atoms with Crippen LogP contribution in [0.25, 0.3) is 44.5 Å². The van der Waals surface area contributed by atoms with E-state index >= 15 is 4.79 Å². The molecule has 0 saturated carbocycles. The van der Waals surface area contributed by atoms with Gasteiger partial charge in [0.1, 0.15) is 0 Å². The van der Waals surface area contributed by atoms with E-state index in [1.807, 2.05) is 36.4 Å². The van der Waals surface area contributed by atoms with Crippen LogP contribution >= 0.6 is 0 Å². The van der Waals surface area contributed by atoms with E-state index in [0.29, 0.717) is 11.1 Å². The van der Waals surface area contributed by atoms with Crippen LogP contribution in [-0.4, -0.2) is 5.78 Å². The lowest BCUT2D eigenvalue weighted by Crippen LogP contribution is -2.12. The summed E-state index contributed by atoms with van der Waals surface area (Å²) in [4.78, 5) is 15.5. The molecule has 6 rings (SSSR count). The first-order valence-corrected chi connectivity index (χ1v) is 16.2. The molecular formula is C45H42O. The summed E-state index contributed by atoms with van der Waals surface area (Å²) in [6, 6.07) is 50.5. The van der Waals surface area contributed by atoms with Crippen molar-refractivity contribution in [2.45, 2.75) is 52.4 Å².